The van der Waals surface area contributed by atoms with Crippen LogP contribution in [0.1, 0.15) is 158 Å². The number of carbonyl (C=O) groups excluding carboxylic acids is 2. The molecule has 4 aromatic carbocycles. The third-order valence-corrected chi connectivity index (χ3v) is 12.1. The summed E-state index contributed by atoms with van der Waals surface area (Å²) in [5, 5.41) is 0. The van der Waals surface area contributed by atoms with Crippen molar-refractivity contribution in [2.75, 3.05) is 51.2 Å². The molecule has 2 N–H and O–H groups in total. The number of ether oxygens (including phenoxy) is 4. The van der Waals surface area contributed by atoms with Crippen molar-refractivity contribution in [3.8, 4) is 23.0 Å². The van der Waals surface area contributed by atoms with Gasteiger partial charge in [0, 0.05) is 42.0 Å². The van der Waals surface area contributed by atoms with E-state index in [1.54, 1.807) is 26.4 Å². The van der Waals surface area contributed by atoms with Crippen LogP contribution in [0.5, 0.6) is 23.0 Å². The summed E-state index contributed by atoms with van der Waals surface area (Å²) in [4.78, 5) is 25.9. The lowest BCUT2D eigenvalue weighted by Crippen LogP contribution is -2.26. The van der Waals surface area contributed by atoms with E-state index in [1.165, 1.54) is 61.1 Å². The van der Waals surface area contributed by atoms with Gasteiger partial charge in [0.1, 0.15) is 0 Å². The maximum Gasteiger partial charge on any atom is 0.161 e. The number of Topliss-reactive ketones (excluding diaryl/α,β-unsaturated/α-hetero) is 2. The van der Waals surface area contributed by atoms with Crippen molar-refractivity contribution in [3.63, 3.8) is 0 Å². The number of hydrogen-bond acceptors (Lipinski definition) is 8. The topological polar surface area (TPSA) is 100 Å². The number of allylic oxidation sites excluding steroid dienone is 6. The molecule has 0 aliphatic carbocycles. The summed E-state index contributed by atoms with van der Waals surface area (Å²) in [6, 6.07) is 24.2. The Morgan fingerprint density at radius 3 is 1.41 bits per heavy atom. The molecule has 8 heteroatoms. The molecule has 0 aliphatic rings. The van der Waals surface area contributed by atoms with Crippen LogP contribution in [-0.4, -0.2) is 52.1 Å². The molecule has 384 valence electrons. The number of nitrogen functional groups attached to an aromatic ring is 1. The summed E-state index contributed by atoms with van der Waals surface area (Å²) in [5.41, 5.74) is 16.1. The molecule has 3 unspecified atom stereocenters. The van der Waals surface area contributed by atoms with Crippen molar-refractivity contribution in [2.45, 2.75) is 129 Å². The smallest absolute Gasteiger partial charge is 0.161 e. The van der Waals surface area contributed by atoms with Crippen LogP contribution in [0.4, 0.5) is 11.4 Å². The van der Waals surface area contributed by atoms with E-state index in [2.05, 4.69) is 115 Å². The molecule has 8 nitrogen and oxygen atoms in total. The Morgan fingerprint density at radius 2 is 1.07 bits per heavy atom. The molecule has 0 bridgehead atoms. The number of methoxy groups -OCH3 is 2. The molecule has 0 radical (unpaired) electrons. The van der Waals surface area contributed by atoms with E-state index < -0.39 is 0 Å². The summed E-state index contributed by atoms with van der Waals surface area (Å²) in [6.45, 7) is 37.1. The lowest BCUT2D eigenvalue weighted by molar-refractivity contribution is 0.100. The van der Waals surface area contributed by atoms with Gasteiger partial charge in [-0.1, -0.05) is 103 Å². The van der Waals surface area contributed by atoms with Gasteiger partial charge in [-0.05, 0) is 167 Å². The number of ketones is 2. The van der Waals surface area contributed by atoms with Crippen LogP contribution in [0.25, 0.3) is 11.1 Å². The summed E-state index contributed by atoms with van der Waals surface area (Å²) in [6.07, 6.45) is 14.9. The molecule has 0 fully saturated rings. The lowest BCUT2D eigenvalue weighted by Gasteiger charge is -2.26. The second-order valence-corrected chi connectivity index (χ2v) is 17.7. The van der Waals surface area contributed by atoms with Gasteiger partial charge >= 0.3 is 0 Å². The first-order valence-electron chi connectivity index (χ1n) is 25.4. The number of hydrogen-bond donors (Lipinski definition) is 1. The molecular formula is C62H90N2O6. The predicted octanol–water partition coefficient (Wildman–Crippen LogP) is 16.4. The Hall–Kier alpha value is -6.02. The first-order valence-corrected chi connectivity index (χ1v) is 25.4. The predicted molar refractivity (Wildman–Crippen MR) is 302 cm³/mol. The quantitative estimate of drug-likeness (QED) is 0.0303. The van der Waals surface area contributed by atoms with E-state index >= 15 is 0 Å². The van der Waals surface area contributed by atoms with Gasteiger partial charge in [0.05, 0.1) is 27.4 Å². The van der Waals surface area contributed by atoms with E-state index in [1.807, 2.05) is 64.1 Å². The van der Waals surface area contributed by atoms with Crippen molar-refractivity contribution in [2.24, 2.45) is 17.8 Å². The van der Waals surface area contributed by atoms with E-state index in [0.29, 0.717) is 65.6 Å². The summed E-state index contributed by atoms with van der Waals surface area (Å²) in [5.74, 6) is 4.04. The molecule has 0 spiro atoms. The van der Waals surface area contributed by atoms with Crippen LogP contribution in [0, 0.1) is 31.6 Å². The number of anilines is 2. The third kappa shape index (κ3) is 21.3. The summed E-state index contributed by atoms with van der Waals surface area (Å²) < 4.78 is 22.3. The SMILES string of the molecule is C=CC(C)C/C(=C\C)c1ccc(N(CCC)CCC(C)CC)cc1.C=CC(C)C/C(=C\C)c1ccc(N)cc1.CC.COc1cc(C(C)=O)c(C)cc1OCCCOc1cc(C)c(C(C)=O)cc1OC. The number of rotatable bonds is 25. The molecule has 4 aromatic rings. The van der Waals surface area contributed by atoms with Gasteiger partial charge in [0.2, 0.25) is 0 Å². The Kier molecular flexibility index (Phi) is 30.4. The van der Waals surface area contributed by atoms with E-state index in [0.717, 1.165) is 48.7 Å². The van der Waals surface area contributed by atoms with Crippen LogP contribution in [0.2, 0.25) is 0 Å². The molecule has 4 rings (SSSR count). The zero-order valence-electron chi connectivity index (χ0n) is 45.9. The summed E-state index contributed by atoms with van der Waals surface area (Å²) in [7, 11) is 3.09. The van der Waals surface area contributed by atoms with Crippen molar-refractivity contribution >= 4 is 34.1 Å². The second-order valence-electron chi connectivity index (χ2n) is 17.7. The van der Waals surface area contributed by atoms with Gasteiger partial charge in [0.25, 0.3) is 0 Å². The first kappa shape index (κ1) is 62.0. The fourth-order valence-electron chi connectivity index (χ4n) is 7.52. The van der Waals surface area contributed by atoms with Crippen LogP contribution in [-0.2, 0) is 0 Å². The minimum absolute atomic E-state index is 0.0132. The molecule has 0 saturated heterocycles. The average molecular weight is 959 g/mol. The van der Waals surface area contributed by atoms with E-state index in [9.17, 15) is 9.59 Å². The molecule has 0 saturated carbocycles. The van der Waals surface area contributed by atoms with Gasteiger partial charge in [-0.2, -0.15) is 0 Å². The monoisotopic (exact) mass is 959 g/mol. The fourth-order valence-corrected chi connectivity index (χ4v) is 7.52. The highest BCUT2D eigenvalue weighted by atomic mass is 16.5. The highest BCUT2D eigenvalue weighted by Gasteiger charge is 2.15. The second kappa shape index (κ2) is 34.3. The van der Waals surface area contributed by atoms with Gasteiger partial charge < -0.3 is 29.6 Å². The number of nitrogens with zero attached hydrogens (tertiary/aromatic N) is 1. The Labute approximate surface area is 425 Å². The molecule has 0 amide bonds. The van der Waals surface area contributed by atoms with Crippen molar-refractivity contribution in [3.05, 3.63) is 144 Å². The van der Waals surface area contributed by atoms with Crippen LogP contribution in [0.3, 0.4) is 0 Å². The van der Waals surface area contributed by atoms with Crippen LogP contribution < -0.4 is 29.6 Å². The highest BCUT2D eigenvalue weighted by Crippen LogP contribution is 2.33. The largest absolute Gasteiger partial charge is 0.493 e. The maximum absolute atomic E-state index is 11.7. The van der Waals surface area contributed by atoms with Crippen LogP contribution in [0.15, 0.2) is 110 Å². The zero-order valence-corrected chi connectivity index (χ0v) is 45.9. The maximum atomic E-state index is 11.7. The molecule has 70 heavy (non-hydrogen) atoms. The average Bonchev–Trinajstić information content (AvgIpc) is 3.36. The molecule has 0 heterocycles. The number of nitrogens with two attached hydrogens (primary N) is 1. The minimum atomic E-state index is -0.0132. The van der Waals surface area contributed by atoms with Gasteiger partial charge in [0.15, 0.2) is 34.6 Å². The Morgan fingerprint density at radius 1 is 0.657 bits per heavy atom. The minimum Gasteiger partial charge on any atom is -0.493 e. The standard InChI is InChI=1S/C23H37N.C23H28O6.C14H19N.C2H6/c1-7-16-24(17-15-19(5)8-2)23-13-11-22(12-14-23)21(10-4)18-20(6)9-3;1-14-10-22(20(26-5)12-18(14)16(3)24)28-8-7-9-29-23-11-15(2)19(17(4)25)13-21(23)27-6;1-4-11(3)10-12(5-2)13-6-8-14(15)9-7-13;1-2/h9-14,19-20H,3,7-8,15-18H2,1-2,4-6H3;10-13H,7-9H2,1-6H3;4-9,11H,1,10,15H2,2-3H3;1-2H3/b21-10+;;12-5+;. The van der Waals surface area contributed by atoms with Gasteiger partial charge in [-0.3, -0.25) is 9.59 Å². The number of benzene rings is 4. The first-order chi connectivity index (χ1) is 33.5. The normalized spacial score (nSPS) is 12.2. The number of carbonyl (C=O) groups is 2. The van der Waals surface area contributed by atoms with Gasteiger partial charge in [-0.25, -0.2) is 0 Å². The lowest BCUT2D eigenvalue weighted by atomic mass is 9.95. The number of aryl methyl sites for hydroxylation is 2. The Bertz CT molecular complexity index is 2160. The molecule has 0 aliphatic heterocycles. The van der Waals surface area contributed by atoms with Crippen molar-refractivity contribution < 1.29 is 28.5 Å². The summed E-state index contributed by atoms with van der Waals surface area (Å²) >= 11 is 0. The van der Waals surface area contributed by atoms with E-state index in [4.69, 9.17) is 24.7 Å². The fraction of sp³-hybridized carbons (Fsp3) is 0.452. The molecular weight excluding hydrogens is 869 g/mol. The molecule has 3 atom stereocenters. The highest BCUT2D eigenvalue weighted by molar-refractivity contribution is 5.96. The Balaban J connectivity index is 0.000000539. The van der Waals surface area contributed by atoms with Crippen molar-refractivity contribution in [1.29, 1.82) is 0 Å². The van der Waals surface area contributed by atoms with Crippen LogP contribution >= 0.6 is 0 Å². The third-order valence-electron chi connectivity index (χ3n) is 12.1. The van der Waals surface area contributed by atoms with Gasteiger partial charge in [-0.15, -0.1) is 13.2 Å². The van der Waals surface area contributed by atoms with E-state index in [-0.39, 0.29) is 11.6 Å². The van der Waals surface area contributed by atoms with Crippen molar-refractivity contribution in [1.82, 2.24) is 0 Å². The zero-order chi connectivity index (χ0) is 52.8. The molecule has 0 aromatic heterocycles.